The van der Waals surface area contributed by atoms with E-state index in [0.29, 0.717) is 30.9 Å². The van der Waals surface area contributed by atoms with Crippen LogP contribution in [0.15, 0.2) is 30.3 Å². The van der Waals surface area contributed by atoms with Crippen LogP contribution in [0, 0.1) is 6.92 Å². The molecule has 0 radical (unpaired) electrons. The van der Waals surface area contributed by atoms with Crippen molar-refractivity contribution in [3.05, 3.63) is 41.5 Å². The molecule has 1 aliphatic rings. The third kappa shape index (κ3) is 4.81. The molecule has 0 bridgehead atoms. The summed E-state index contributed by atoms with van der Waals surface area (Å²) < 4.78 is 5.94. The standard InChI is InChI=1S/C22H29N3O3/c1-3-21(26)24-11-12-28-20-13-19(15(2)17-8-4-5-9-18(17)20)22(27)25-16-7-6-10-23-14-16/h4-5,8-9,13,16,23H,3,6-7,10-12,14H2,1-2H3,(H,24,26)(H,25,27). The van der Waals surface area contributed by atoms with Crippen LogP contribution >= 0.6 is 0 Å². The van der Waals surface area contributed by atoms with Crippen LogP contribution in [-0.4, -0.2) is 44.1 Å². The minimum atomic E-state index is -0.0684. The lowest BCUT2D eigenvalue weighted by Gasteiger charge is -2.24. The number of benzene rings is 2. The maximum absolute atomic E-state index is 12.9. The van der Waals surface area contributed by atoms with Gasteiger partial charge >= 0.3 is 0 Å². The van der Waals surface area contributed by atoms with E-state index < -0.39 is 0 Å². The summed E-state index contributed by atoms with van der Waals surface area (Å²) >= 11 is 0. The van der Waals surface area contributed by atoms with Crippen LogP contribution in [0.1, 0.15) is 42.1 Å². The highest BCUT2D eigenvalue weighted by atomic mass is 16.5. The Hall–Kier alpha value is -2.60. The van der Waals surface area contributed by atoms with Crippen molar-refractivity contribution < 1.29 is 14.3 Å². The van der Waals surface area contributed by atoms with Crippen molar-refractivity contribution in [1.82, 2.24) is 16.0 Å². The molecule has 3 N–H and O–H groups in total. The molecule has 2 amide bonds. The Morgan fingerprint density at radius 2 is 2.04 bits per heavy atom. The lowest BCUT2D eigenvalue weighted by molar-refractivity contribution is -0.120. The summed E-state index contributed by atoms with van der Waals surface area (Å²) in [5.74, 6) is 0.596. The average molecular weight is 383 g/mol. The molecule has 0 aliphatic carbocycles. The van der Waals surface area contributed by atoms with Gasteiger partial charge in [0.2, 0.25) is 5.91 Å². The van der Waals surface area contributed by atoms with Crippen molar-refractivity contribution in [3.8, 4) is 5.75 Å². The molecule has 6 nitrogen and oxygen atoms in total. The molecular weight excluding hydrogens is 354 g/mol. The molecule has 0 saturated carbocycles. The Balaban J connectivity index is 1.80. The minimum Gasteiger partial charge on any atom is -0.491 e. The summed E-state index contributed by atoms with van der Waals surface area (Å²) in [5.41, 5.74) is 1.58. The second-order valence-electron chi connectivity index (χ2n) is 7.16. The van der Waals surface area contributed by atoms with Gasteiger partial charge in [0, 0.05) is 30.0 Å². The van der Waals surface area contributed by atoms with E-state index in [4.69, 9.17) is 4.74 Å². The van der Waals surface area contributed by atoms with Crippen molar-refractivity contribution in [2.24, 2.45) is 0 Å². The molecule has 1 aliphatic heterocycles. The van der Waals surface area contributed by atoms with Gasteiger partial charge in [0.05, 0.1) is 6.54 Å². The zero-order valence-corrected chi connectivity index (χ0v) is 16.6. The summed E-state index contributed by atoms with van der Waals surface area (Å²) in [6, 6.07) is 9.91. The van der Waals surface area contributed by atoms with E-state index in [-0.39, 0.29) is 17.9 Å². The maximum atomic E-state index is 12.9. The van der Waals surface area contributed by atoms with Gasteiger partial charge in [-0.2, -0.15) is 0 Å². The van der Waals surface area contributed by atoms with Gasteiger partial charge in [-0.25, -0.2) is 0 Å². The summed E-state index contributed by atoms with van der Waals surface area (Å²) in [6.07, 6.45) is 2.51. The van der Waals surface area contributed by atoms with Gasteiger partial charge in [-0.3, -0.25) is 9.59 Å². The fraction of sp³-hybridized carbons (Fsp3) is 0.455. The molecule has 150 valence electrons. The summed E-state index contributed by atoms with van der Waals surface area (Å²) in [5, 5.41) is 11.2. The van der Waals surface area contributed by atoms with Gasteiger partial charge in [0.25, 0.3) is 5.91 Å². The van der Waals surface area contributed by atoms with Crippen LogP contribution in [0.3, 0.4) is 0 Å². The molecule has 0 spiro atoms. The number of rotatable bonds is 7. The number of fused-ring (bicyclic) bond motifs is 1. The van der Waals surface area contributed by atoms with E-state index in [1.165, 1.54) is 0 Å². The molecule has 2 aromatic rings. The largest absolute Gasteiger partial charge is 0.491 e. The molecule has 1 heterocycles. The fourth-order valence-corrected chi connectivity index (χ4v) is 3.56. The van der Waals surface area contributed by atoms with Crippen LogP contribution in [0.2, 0.25) is 0 Å². The van der Waals surface area contributed by atoms with Gasteiger partial charge in [-0.1, -0.05) is 31.2 Å². The number of hydrogen-bond donors (Lipinski definition) is 3. The Kier molecular flexibility index (Phi) is 6.87. The molecular formula is C22H29N3O3. The van der Waals surface area contributed by atoms with E-state index in [1.807, 2.05) is 44.2 Å². The highest BCUT2D eigenvalue weighted by Crippen LogP contribution is 2.31. The Morgan fingerprint density at radius 3 is 2.75 bits per heavy atom. The normalized spacial score (nSPS) is 16.6. The van der Waals surface area contributed by atoms with Gasteiger partial charge < -0.3 is 20.7 Å². The second-order valence-corrected chi connectivity index (χ2v) is 7.16. The Bertz CT molecular complexity index is 844. The van der Waals surface area contributed by atoms with E-state index >= 15 is 0 Å². The summed E-state index contributed by atoms with van der Waals surface area (Å²) in [7, 11) is 0. The topological polar surface area (TPSA) is 79.5 Å². The first-order valence-corrected chi connectivity index (χ1v) is 10.0. The van der Waals surface area contributed by atoms with Crippen molar-refractivity contribution in [1.29, 1.82) is 0 Å². The predicted molar refractivity (Wildman–Crippen MR) is 111 cm³/mol. The van der Waals surface area contributed by atoms with Crippen LogP contribution in [0.5, 0.6) is 5.75 Å². The SMILES string of the molecule is CCC(=O)NCCOc1cc(C(=O)NC2CCCNC2)c(C)c2ccccc12. The van der Waals surface area contributed by atoms with Gasteiger partial charge in [0.15, 0.2) is 0 Å². The zero-order valence-electron chi connectivity index (χ0n) is 16.6. The molecule has 0 aromatic heterocycles. The van der Waals surface area contributed by atoms with Crippen LogP contribution in [0.25, 0.3) is 10.8 Å². The van der Waals surface area contributed by atoms with Crippen molar-refractivity contribution in [2.75, 3.05) is 26.2 Å². The quantitative estimate of drug-likeness (QED) is 0.642. The fourth-order valence-electron chi connectivity index (χ4n) is 3.56. The van der Waals surface area contributed by atoms with E-state index in [9.17, 15) is 9.59 Å². The van der Waals surface area contributed by atoms with Crippen molar-refractivity contribution >= 4 is 22.6 Å². The number of aryl methyl sites for hydroxylation is 1. The van der Waals surface area contributed by atoms with Crippen LogP contribution in [0.4, 0.5) is 0 Å². The van der Waals surface area contributed by atoms with E-state index in [1.54, 1.807) is 0 Å². The first-order chi connectivity index (χ1) is 13.6. The Morgan fingerprint density at radius 1 is 1.25 bits per heavy atom. The number of piperidine rings is 1. The lowest BCUT2D eigenvalue weighted by Crippen LogP contribution is -2.45. The molecule has 6 heteroatoms. The lowest BCUT2D eigenvalue weighted by atomic mass is 9.98. The third-order valence-electron chi connectivity index (χ3n) is 5.16. The maximum Gasteiger partial charge on any atom is 0.251 e. The number of carbonyl (C=O) groups excluding carboxylic acids is 2. The second kappa shape index (κ2) is 9.55. The van der Waals surface area contributed by atoms with Gasteiger partial charge in [-0.05, 0) is 43.3 Å². The zero-order chi connectivity index (χ0) is 19.9. The number of amides is 2. The smallest absolute Gasteiger partial charge is 0.251 e. The highest BCUT2D eigenvalue weighted by Gasteiger charge is 2.20. The molecule has 2 aromatic carbocycles. The number of ether oxygens (including phenoxy) is 1. The molecule has 28 heavy (non-hydrogen) atoms. The van der Waals surface area contributed by atoms with Crippen LogP contribution in [-0.2, 0) is 4.79 Å². The molecule has 1 atom stereocenters. The van der Waals surface area contributed by atoms with E-state index in [2.05, 4.69) is 16.0 Å². The van der Waals surface area contributed by atoms with Crippen molar-refractivity contribution in [3.63, 3.8) is 0 Å². The number of nitrogens with one attached hydrogen (secondary N) is 3. The predicted octanol–water partition coefficient (Wildman–Crippen LogP) is 2.54. The van der Waals surface area contributed by atoms with Crippen LogP contribution < -0.4 is 20.7 Å². The summed E-state index contributed by atoms with van der Waals surface area (Å²) in [4.78, 5) is 24.3. The molecule has 3 rings (SSSR count). The number of carbonyl (C=O) groups is 2. The van der Waals surface area contributed by atoms with Gasteiger partial charge in [0.1, 0.15) is 12.4 Å². The Labute approximate surface area is 166 Å². The first kappa shape index (κ1) is 20.1. The third-order valence-corrected chi connectivity index (χ3v) is 5.16. The number of hydrogen-bond acceptors (Lipinski definition) is 4. The monoisotopic (exact) mass is 383 g/mol. The first-order valence-electron chi connectivity index (χ1n) is 10.0. The molecule has 1 fully saturated rings. The highest BCUT2D eigenvalue weighted by molar-refractivity contribution is 6.03. The van der Waals surface area contributed by atoms with Crippen molar-refractivity contribution in [2.45, 2.75) is 39.2 Å². The molecule has 1 saturated heterocycles. The molecule has 1 unspecified atom stereocenters. The van der Waals surface area contributed by atoms with E-state index in [0.717, 1.165) is 42.3 Å². The minimum absolute atomic E-state index is 0.00137. The van der Waals surface area contributed by atoms with Gasteiger partial charge in [-0.15, -0.1) is 0 Å². The summed E-state index contributed by atoms with van der Waals surface area (Å²) in [6.45, 7) is 6.39. The average Bonchev–Trinajstić information content (AvgIpc) is 2.73.